The summed E-state index contributed by atoms with van der Waals surface area (Å²) in [4.78, 5) is 26.6. The highest BCUT2D eigenvalue weighted by Crippen LogP contribution is 2.52. The van der Waals surface area contributed by atoms with Crippen LogP contribution in [0, 0.1) is 11.3 Å². The SMILES string of the molecule is CCC1OC(n2cnc3c(NC(=O)c4ccccc4)ncnc32)C(O[Si](C)(C)C(C)(C)C)C1OP(OCCC#N)N(C(C)C)C(C)C. The number of fused-ring (bicyclic) bond motifs is 1. The molecule has 0 bridgehead atoms. The summed E-state index contributed by atoms with van der Waals surface area (Å²) in [7, 11) is -3.94. The van der Waals surface area contributed by atoms with Gasteiger partial charge in [0, 0.05) is 17.6 Å². The maximum absolute atomic E-state index is 13.0. The molecule has 5 atom stereocenters. The van der Waals surface area contributed by atoms with E-state index in [0.29, 0.717) is 29.0 Å². The zero-order valence-electron chi connectivity index (χ0n) is 29.3. The van der Waals surface area contributed by atoms with Crippen molar-refractivity contribution in [3.8, 4) is 6.07 Å². The number of carbonyl (C=O) groups excluding carboxylic acids is 1. The lowest BCUT2D eigenvalue weighted by Gasteiger charge is -2.42. The first-order chi connectivity index (χ1) is 22.2. The van der Waals surface area contributed by atoms with Crippen LogP contribution in [0.3, 0.4) is 0 Å². The van der Waals surface area contributed by atoms with Crippen LogP contribution in [-0.4, -0.2) is 75.4 Å². The Balaban J connectivity index is 1.76. The summed E-state index contributed by atoms with van der Waals surface area (Å²) in [6, 6.07) is 11.4. The number of hydrogen-bond donors (Lipinski definition) is 1. The minimum atomic E-state index is -2.37. The highest BCUT2D eigenvalue weighted by atomic mass is 31.2. The maximum atomic E-state index is 13.0. The maximum Gasteiger partial charge on any atom is 0.259 e. The summed E-state index contributed by atoms with van der Waals surface area (Å²) in [6.07, 6.45) is 2.06. The van der Waals surface area contributed by atoms with Gasteiger partial charge in [0.05, 0.1) is 31.5 Å². The van der Waals surface area contributed by atoms with E-state index in [2.05, 4.69) is 99.5 Å². The van der Waals surface area contributed by atoms with Crippen molar-refractivity contribution in [2.75, 3.05) is 11.9 Å². The van der Waals surface area contributed by atoms with Crippen molar-refractivity contribution in [1.82, 2.24) is 24.2 Å². The minimum absolute atomic E-state index is 0.0869. The monoisotopic (exact) mass is 683 g/mol. The van der Waals surface area contributed by atoms with Crippen LogP contribution in [0.15, 0.2) is 43.0 Å². The molecule has 1 aliphatic rings. The number of benzene rings is 1. The summed E-state index contributed by atoms with van der Waals surface area (Å²) in [5.74, 6) is 0.0155. The smallest absolute Gasteiger partial charge is 0.259 e. The molecule has 3 aromatic rings. The molecule has 4 rings (SSSR count). The molecule has 1 amide bonds. The van der Waals surface area contributed by atoms with Gasteiger partial charge in [0.15, 0.2) is 31.5 Å². The molecular formula is C33H50N7O5PSi. The molecule has 0 aliphatic carbocycles. The lowest BCUT2D eigenvalue weighted by Crippen LogP contribution is -2.49. The highest BCUT2D eigenvalue weighted by Gasteiger charge is 2.53. The topological polar surface area (TPSA) is 137 Å². The molecule has 0 spiro atoms. The summed E-state index contributed by atoms with van der Waals surface area (Å²) >= 11 is 0. The molecule has 14 heteroatoms. The Kier molecular flexibility index (Phi) is 12.3. The molecule has 256 valence electrons. The molecule has 1 N–H and O–H groups in total. The molecular weight excluding hydrogens is 633 g/mol. The van der Waals surface area contributed by atoms with Crippen LogP contribution in [0.25, 0.3) is 11.2 Å². The second-order valence-corrected chi connectivity index (χ2v) is 20.0. The number of hydrogen-bond acceptors (Lipinski definition) is 10. The molecule has 0 saturated carbocycles. The van der Waals surface area contributed by atoms with Crippen LogP contribution in [0.5, 0.6) is 0 Å². The molecule has 1 aliphatic heterocycles. The van der Waals surface area contributed by atoms with E-state index in [1.165, 1.54) is 6.33 Å². The average molecular weight is 684 g/mol. The fraction of sp³-hybridized carbons (Fsp3) is 0.606. The van der Waals surface area contributed by atoms with Crippen LogP contribution in [0.4, 0.5) is 5.82 Å². The van der Waals surface area contributed by atoms with Gasteiger partial charge in [0.25, 0.3) is 14.4 Å². The second kappa shape index (κ2) is 15.6. The van der Waals surface area contributed by atoms with Gasteiger partial charge in [0.2, 0.25) is 0 Å². The van der Waals surface area contributed by atoms with Gasteiger partial charge in [-0.2, -0.15) is 5.26 Å². The van der Waals surface area contributed by atoms with Crippen molar-refractivity contribution in [2.45, 2.75) is 123 Å². The Bertz CT molecular complexity index is 1520. The van der Waals surface area contributed by atoms with Crippen molar-refractivity contribution in [3.05, 3.63) is 48.5 Å². The van der Waals surface area contributed by atoms with Gasteiger partial charge < -0.3 is 23.5 Å². The third-order valence-corrected chi connectivity index (χ3v) is 15.3. The number of nitrogens with zero attached hydrogens (tertiary/aromatic N) is 6. The molecule has 47 heavy (non-hydrogen) atoms. The van der Waals surface area contributed by atoms with E-state index >= 15 is 0 Å². The van der Waals surface area contributed by atoms with Gasteiger partial charge >= 0.3 is 0 Å². The van der Waals surface area contributed by atoms with Crippen molar-refractivity contribution in [2.24, 2.45) is 0 Å². The number of nitriles is 1. The number of ether oxygens (including phenoxy) is 1. The Morgan fingerprint density at radius 2 is 1.81 bits per heavy atom. The minimum Gasteiger partial charge on any atom is -0.407 e. The summed E-state index contributed by atoms with van der Waals surface area (Å²) in [5, 5.41) is 12.0. The Hall–Kier alpha value is -2.82. The van der Waals surface area contributed by atoms with Gasteiger partial charge in [-0.25, -0.2) is 19.6 Å². The van der Waals surface area contributed by atoms with Crippen LogP contribution in [0.2, 0.25) is 18.1 Å². The predicted octanol–water partition coefficient (Wildman–Crippen LogP) is 7.44. The Morgan fingerprint density at radius 1 is 1.13 bits per heavy atom. The Labute approximate surface area is 281 Å². The molecule has 1 fully saturated rings. The van der Waals surface area contributed by atoms with Gasteiger partial charge in [-0.15, -0.1) is 0 Å². The number of rotatable bonds is 14. The fourth-order valence-electron chi connectivity index (χ4n) is 5.33. The van der Waals surface area contributed by atoms with Crippen molar-refractivity contribution >= 4 is 39.7 Å². The molecule has 12 nitrogen and oxygen atoms in total. The number of amides is 1. The first kappa shape index (κ1) is 37.0. The third-order valence-electron chi connectivity index (χ3n) is 8.70. The molecule has 1 aromatic carbocycles. The number of imidazole rings is 1. The van der Waals surface area contributed by atoms with E-state index < -0.39 is 35.3 Å². The van der Waals surface area contributed by atoms with Crippen molar-refractivity contribution in [3.63, 3.8) is 0 Å². The second-order valence-electron chi connectivity index (χ2n) is 13.8. The van der Waals surface area contributed by atoms with Gasteiger partial charge in [-0.1, -0.05) is 45.9 Å². The number of nitrogens with one attached hydrogen (secondary N) is 1. The van der Waals surface area contributed by atoms with E-state index in [-0.39, 0.29) is 42.2 Å². The standard InChI is InChI=1S/C33H50N7O5PSi/c1-11-25-27(44-46(42-19-15-18-34)40(22(2)3)23(4)5)28(45-47(9,10)33(6,7)8)32(43-25)39-21-37-26-29(35-20-36-30(26)39)38-31(41)24-16-13-12-14-17-24/h12-14,16-17,20-23,25,27-28,32H,11,15,19H2,1-10H3,(H,35,36,38,41). The van der Waals surface area contributed by atoms with Crippen LogP contribution >= 0.6 is 8.53 Å². The highest BCUT2D eigenvalue weighted by molar-refractivity contribution is 7.44. The molecule has 1 saturated heterocycles. The predicted molar refractivity (Wildman–Crippen MR) is 186 cm³/mol. The molecule has 3 heterocycles. The zero-order valence-corrected chi connectivity index (χ0v) is 31.2. The van der Waals surface area contributed by atoms with Crippen LogP contribution in [0.1, 0.15) is 84.8 Å². The third kappa shape index (κ3) is 8.43. The first-order valence-corrected chi connectivity index (χ1v) is 20.4. The number of carbonyl (C=O) groups is 1. The van der Waals surface area contributed by atoms with Gasteiger partial charge in [-0.3, -0.25) is 9.36 Å². The Morgan fingerprint density at radius 3 is 2.40 bits per heavy atom. The summed E-state index contributed by atoms with van der Waals surface area (Å²) in [6.45, 7) is 21.8. The largest absolute Gasteiger partial charge is 0.407 e. The van der Waals surface area contributed by atoms with Crippen molar-refractivity contribution < 1.29 is 23.0 Å². The fourth-order valence-corrected chi connectivity index (χ4v) is 8.38. The number of anilines is 1. The van der Waals surface area contributed by atoms with Gasteiger partial charge in [-0.05, 0) is 64.4 Å². The van der Waals surface area contributed by atoms with Crippen molar-refractivity contribution in [1.29, 1.82) is 5.26 Å². The van der Waals surface area contributed by atoms with E-state index in [4.69, 9.17) is 18.2 Å². The van der Waals surface area contributed by atoms with Gasteiger partial charge in [0.1, 0.15) is 18.5 Å². The van der Waals surface area contributed by atoms with E-state index in [9.17, 15) is 10.1 Å². The lowest BCUT2D eigenvalue weighted by atomic mass is 10.1. The van der Waals surface area contributed by atoms with E-state index in [1.54, 1.807) is 18.5 Å². The molecule has 0 radical (unpaired) electrons. The summed E-state index contributed by atoms with van der Waals surface area (Å²) < 4.78 is 31.4. The molecule has 5 unspecified atom stereocenters. The van der Waals surface area contributed by atoms with E-state index in [1.807, 2.05) is 22.8 Å². The average Bonchev–Trinajstić information content (AvgIpc) is 3.58. The lowest BCUT2D eigenvalue weighted by molar-refractivity contribution is -0.0324. The molecule has 2 aromatic heterocycles. The quantitative estimate of drug-likeness (QED) is 0.104. The first-order valence-electron chi connectivity index (χ1n) is 16.3. The number of aromatic nitrogens is 4. The van der Waals surface area contributed by atoms with Crippen LogP contribution in [-0.2, 0) is 18.2 Å². The van der Waals surface area contributed by atoms with Crippen LogP contribution < -0.4 is 5.32 Å². The normalized spacial score (nSPS) is 21.1. The zero-order chi connectivity index (χ0) is 34.5. The summed E-state index contributed by atoms with van der Waals surface area (Å²) in [5.41, 5.74) is 1.46. The van der Waals surface area contributed by atoms with E-state index in [0.717, 1.165) is 0 Å².